The highest BCUT2D eigenvalue weighted by Gasteiger charge is 2.26. The van der Waals surface area contributed by atoms with Crippen LogP contribution in [0.2, 0.25) is 0 Å². The maximum absolute atomic E-state index is 12.5. The van der Waals surface area contributed by atoms with Gasteiger partial charge in [-0.05, 0) is 36.6 Å². The molecule has 4 heterocycles. The van der Waals surface area contributed by atoms with E-state index in [4.69, 9.17) is 4.74 Å². The first-order valence-electron chi connectivity index (χ1n) is 12.2. The smallest absolute Gasteiger partial charge is 0.306 e. The Morgan fingerprint density at radius 3 is 2.65 bits per heavy atom. The summed E-state index contributed by atoms with van der Waals surface area (Å²) in [7, 11) is -2.25. The largest absolute Gasteiger partial charge is 0.469 e. The van der Waals surface area contributed by atoms with Crippen LogP contribution >= 0.6 is 22.7 Å². The number of fused-ring (bicyclic) bond motifs is 1. The molecule has 5 rings (SSSR count). The minimum atomic E-state index is -3.50. The second kappa shape index (κ2) is 11.0. The number of esters is 1. The Kier molecular flexibility index (Phi) is 7.75. The van der Waals surface area contributed by atoms with E-state index in [0.29, 0.717) is 24.7 Å². The lowest BCUT2D eigenvalue weighted by molar-refractivity contribution is -0.140. The molecule has 0 amide bonds. The van der Waals surface area contributed by atoms with Gasteiger partial charge in [-0.1, -0.05) is 34.8 Å². The van der Waals surface area contributed by atoms with Crippen molar-refractivity contribution in [3.8, 4) is 5.19 Å². The fraction of sp³-hybridized carbons (Fsp3) is 0.500. The van der Waals surface area contributed by atoms with Gasteiger partial charge < -0.3 is 14.4 Å². The normalized spacial score (nSPS) is 17.7. The van der Waals surface area contributed by atoms with Crippen LogP contribution in [0, 0.1) is 6.92 Å². The predicted molar refractivity (Wildman–Crippen MR) is 145 cm³/mol. The minimum Gasteiger partial charge on any atom is -0.469 e. The van der Waals surface area contributed by atoms with Crippen molar-refractivity contribution in [2.75, 3.05) is 43.9 Å². The standard InChI is InChI=1S/C24H29N5O5S3/c1-16-26-27-23(35-16)28-10-7-19(8-11-28)34-24-25-20-4-3-18(15-21(20)36-24)17-5-12-29(13-6-17)37(31,32)14-9-22(30)33-2/h3-5,15,19H,6-14H2,1-2H3. The third kappa shape index (κ3) is 6.11. The number of anilines is 1. The van der Waals surface area contributed by atoms with Crippen LogP contribution in [0.4, 0.5) is 5.13 Å². The molecule has 1 aromatic carbocycles. The van der Waals surface area contributed by atoms with Crippen molar-refractivity contribution in [1.29, 1.82) is 0 Å². The molecule has 0 spiro atoms. The molecule has 13 heteroatoms. The van der Waals surface area contributed by atoms with Crippen LogP contribution < -0.4 is 9.64 Å². The number of thiazole rings is 1. The Morgan fingerprint density at radius 2 is 1.97 bits per heavy atom. The Labute approximate surface area is 224 Å². The van der Waals surface area contributed by atoms with E-state index >= 15 is 0 Å². The number of nitrogens with zero attached hydrogens (tertiary/aromatic N) is 5. The molecule has 0 radical (unpaired) electrons. The number of benzene rings is 1. The molecule has 0 N–H and O–H groups in total. The third-order valence-corrected chi connectivity index (χ3v) is 10.2. The van der Waals surface area contributed by atoms with Crippen LogP contribution in [0.5, 0.6) is 5.19 Å². The zero-order chi connectivity index (χ0) is 26.0. The number of piperidine rings is 1. The van der Waals surface area contributed by atoms with Gasteiger partial charge in [-0.15, -0.1) is 10.2 Å². The van der Waals surface area contributed by atoms with Crippen molar-refractivity contribution in [2.24, 2.45) is 0 Å². The van der Waals surface area contributed by atoms with Gasteiger partial charge in [0.2, 0.25) is 15.2 Å². The van der Waals surface area contributed by atoms with Crippen molar-refractivity contribution >= 4 is 59.6 Å². The van der Waals surface area contributed by atoms with Crippen LogP contribution in [0.1, 0.15) is 36.3 Å². The molecule has 2 aromatic heterocycles. The van der Waals surface area contributed by atoms with Crippen molar-refractivity contribution in [2.45, 2.75) is 38.7 Å². The zero-order valence-electron chi connectivity index (χ0n) is 20.8. The Morgan fingerprint density at radius 1 is 1.16 bits per heavy atom. The van der Waals surface area contributed by atoms with E-state index in [1.807, 2.05) is 25.1 Å². The Bertz CT molecular complexity index is 1410. The number of methoxy groups -OCH3 is 1. The Hall–Kier alpha value is -2.61. The summed E-state index contributed by atoms with van der Waals surface area (Å²) < 4.78 is 38.4. The van der Waals surface area contributed by atoms with Crippen molar-refractivity contribution in [3.05, 3.63) is 34.8 Å². The van der Waals surface area contributed by atoms with Crippen molar-refractivity contribution in [1.82, 2.24) is 19.5 Å². The van der Waals surface area contributed by atoms with Crippen LogP contribution in [0.15, 0.2) is 24.3 Å². The van der Waals surface area contributed by atoms with Crippen molar-refractivity contribution < 1.29 is 22.7 Å². The number of hydrogen-bond acceptors (Lipinski definition) is 11. The van der Waals surface area contributed by atoms with Gasteiger partial charge in [-0.3, -0.25) is 4.79 Å². The molecule has 2 aliphatic rings. The summed E-state index contributed by atoms with van der Waals surface area (Å²) in [5.41, 5.74) is 3.07. The van der Waals surface area contributed by atoms with Gasteiger partial charge in [-0.25, -0.2) is 13.4 Å². The first-order chi connectivity index (χ1) is 17.8. The molecular formula is C24H29N5O5S3. The molecule has 0 aliphatic carbocycles. The minimum absolute atomic E-state index is 0.124. The van der Waals surface area contributed by atoms with Crippen LogP contribution in [0.3, 0.4) is 0 Å². The lowest BCUT2D eigenvalue weighted by Gasteiger charge is -2.30. The molecule has 0 saturated carbocycles. The van der Waals surface area contributed by atoms with Gasteiger partial charge in [-0.2, -0.15) is 4.31 Å². The van der Waals surface area contributed by atoms with Crippen molar-refractivity contribution in [3.63, 3.8) is 0 Å². The van der Waals surface area contributed by atoms with Gasteiger partial charge >= 0.3 is 5.97 Å². The summed E-state index contributed by atoms with van der Waals surface area (Å²) in [6.07, 6.45) is 4.36. The molecule has 37 heavy (non-hydrogen) atoms. The summed E-state index contributed by atoms with van der Waals surface area (Å²) in [5, 5.41) is 11.0. The van der Waals surface area contributed by atoms with E-state index in [1.165, 1.54) is 11.4 Å². The third-order valence-electron chi connectivity index (χ3n) is 6.59. The quantitative estimate of drug-likeness (QED) is 0.380. The number of aromatic nitrogens is 3. The predicted octanol–water partition coefficient (Wildman–Crippen LogP) is 3.49. The SMILES string of the molecule is COC(=O)CCS(=O)(=O)N1CC=C(c2ccc3nc(OC4CCN(c5nnc(C)s5)CC4)sc3c2)CC1. The Balaban J connectivity index is 1.19. The van der Waals surface area contributed by atoms with E-state index < -0.39 is 16.0 Å². The summed E-state index contributed by atoms with van der Waals surface area (Å²) in [5.74, 6) is -0.758. The first-order valence-corrected chi connectivity index (χ1v) is 15.4. The summed E-state index contributed by atoms with van der Waals surface area (Å²) >= 11 is 3.16. The molecule has 198 valence electrons. The molecule has 0 unspecified atom stereocenters. The molecule has 0 bridgehead atoms. The van der Waals surface area contributed by atoms with E-state index in [9.17, 15) is 13.2 Å². The highest BCUT2D eigenvalue weighted by Crippen LogP contribution is 2.34. The maximum Gasteiger partial charge on any atom is 0.306 e. The maximum atomic E-state index is 12.5. The van der Waals surface area contributed by atoms with Gasteiger partial charge in [0.25, 0.3) is 5.19 Å². The summed E-state index contributed by atoms with van der Waals surface area (Å²) in [6.45, 7) is 4.42. The highest BCUT2D eigenvalue weighted by molar-refractivity contribution is 7.89. The van der Waals surface area contributed by atoms with Crippen LogP contribution in [0.25, 0.3) is 15.8 Å². The number of sulfonamides is 1. The number of hydrogen-bond donors (Lipinski definition) is 0. The number of aryl methyl sites for hydroxylation is 1. The molecule has 1 fully saturated rings. The van der Waals surface area contributed by atoms with Gasteiger partial charge in [0.15, 0.2) is 0 Å². The average Bonchev–Trinajstić information content (AvgIpc) is 3.52. The monoisotopic (exact) mass is 563 g/mol. The zero-order valence-corrected chi connectivity index (χ0v) is 23.2. The highest BCUT2D eigenvalue weighted by atomic mass is 32.2. The number of rotatable bonds is 8. The molecular weight excluding hydrogens is 534 g/mol. The number of carbonyl (C=O) groups excluding carboxylic acids is 1. The van der Waals surface area contributed by atoms with Gasteiger partial charge in [0, 0.05) is 39.0 Å². The average molecular weight is 564 g/mol. The lowest BCUT2D eigenvalue weighted by Crippen LogP contribution is -2.38. The van der Waals surface area contributed by atoms with E-state index in [1.54, 1.807) is 22.7 Å². The fourth-order valence-corrected chi connectivity index (χ4v) is 7.50. The molecule has 2 aliphatic heterocycles. The van der Waals surface area contributed by atoms with Gasteiger partial charge in [0.05, 0.1) is 29.5 Å². The first kappa shape index (κ1) is 26.0. The lowest BCUT2D eigenvalue weighted by atomic mass is 10.0. The fourth-order valence-electron chi connectivity index (χ4n) is 4.48. The number of carbonyl (C=O) groups is 1. The van der Waals surface area contributed by atoms with E-state index in [2.05, 4.69) is 30.9 Å². The number of ether oxygens (including phenoxy) is 2. The summed E-state index contributed by atoms with van der Waals surface area (Å²) in [4.78, 5) is 18.3. The molecule has 3 aromatic rings. The second-order valence-electron chi connectivity index (χ2n) is 9.05. The molecule has 10 nitrogen and oxygen atoms in total. The van der Waals surface area contributed by atoms with E-state index in [0.717, 1.165) is 57.4 Å². The summed E-state index contributed by atoms with van der Waals surface area (Å²) in [6, 6.07) is 6.13. The topological polar surface area (TPSA) is 115 Å². The molecule has 0 atom stereocenters. The van der Waals surface area contributed by atoms with Gasteiger partial charge in [0.1, 0.15) is 11.1 Å². The van der Waals surface area contributed by atoms with E-state index in [-0.39, 0.29) is 18.3 Å². The second-order valence-corrected chi connectivity index (χ2v) is 13.3. The van der Waals surface area contributed by atoms with Crippen LogP contribution in [-0.2, 0) is 19.6 Å². The molecule has 1 saturated heterocycles. The van der Waals surface area contributed by atoms with Crippen LogP contribution in [-0.4, -0.2) is 79.0 Å².